The third-order valence-electron chi connectivity index (χ3n) is 1.83. The summed E-state index contributed by atoms with van der Waals surface area (Å²) in [4.78, 5) is 4.11. The first-order chi connectivity index (χ1) is 6.74. The number of ether oxygens (including phenoxy) is 1. The van der Waals surface area contributed by atoms with Crippen LogP contribution in [0.5, 0.6) is 0 Å². The topological polar surface area (TPSA) is 41.8 Å². The van der Waals surface area contributed by atoms with E-state index in [9.17, 15) is 0 Å². The van der Waals surface area contributed by atoms with Gasteiger partial charge in [0.15, 0.2) is 0 Å². The van der Waals surface area contributed by atoms with E-state index in [2.05, 4.69) is 10.9 Å². The van der Waals surface area contributed by atoms with Gasteiger partial charge in [-0.2, -0.15) is 0 Å². The molecule has 3 nitrogen and oxygen atoms in total. The van der Waals surface area contributed by atoms with Gasteiger partial charge in [-0.3, -0.25) is 4.99 Å². The Hall–Kier alpha value is -1.11. The van der Waals surface area contributed by atoms with E-state index in [-0.39, 0.29) is 12.7 Å². The standard InChI is InChI=1S/C11H17NO2/c1-4-5-8-12-10(2)6-7-11(9-13)14-3/h1,5,8,11,13H,6-7,9H2,2-3H3/b8-5-,12-10?/t11-/m0/s1. The molecule has 1 atom stereocenters. The molecule has 0 bridgehead atoms. The highest BCUT2D eigenvalue weighted by Crippen LogP contribution is 2.02. The van der Waals surface area contributed by atoms with Gasteiger partial charge >= 0.3 is 0 Å². The van der Waals surface area contributed by atoms with E-state index in [0.717, 1.165) is 18.6 Å². The Balaban J connectivity index is 3.83. The Bertz CT molecular complexity index is 234. The number of nitrogens with zero attached hydrogens (tertiary/aromatic N) is 1. The van der Waals surface area contributed by atoms with Crippen LogP contribution in [0, 0.1) is 12.3 Å². The molecule has 0 saturated carbocycles. The van der Waals surface area contributed by atoms with Crippen molar-refractivity contribution in [3.63, 3.8) is 0 Å². The van der Waals surface area contributed by atoms with Crippen LogP contribution in [0.15, 0.2) is 17.3 Å². The van der Waals surface area contributed by atoms with Crippen LogP contribution in [0.4, 0.5) is 0 Å². The number of terminal acetylenes is 1. The Kier molecular flexibility index (Phi) is 7.81. The number of hydrogen-bond acceptors (Lipinski definition) is 3. The van der Waals surface area contributed by atoms with E-state index in [1.165, 1.54) is 0 Å². The van der Waals surface area contributed by atoms with Gasteiger partial charge in [0.2, 0.25) is 0 Å². The fourth-order valence-electron chi connectivity index (χ4n) is 0.926. The molecule has 0 heterocycles. The number of aliphatic hydroxyl groups excluding tert-OH is 1. The van der Waals surface area contributed by atoms with Gasteiger partial charge in [0.1, 0.15) is 0 Å². The van der Waals surface area contributed by atoms with Gasteiger partial charge in [-0.15, -0.1) is 6.42 Å². The molecular weight excluding hydrogens is 178 g/mol. The molecule has 0 radical (unpaired) electrons. The first-order valence-corrected chi connectivity index (χ1v) is 4.52. The maximum absolute atomic E-state index is 8.85. The van der Waals surface area contributed by atoms with Crippen molar-refractivity contribution in [2.45, 2.75) is 25.9 Å². The molecule has 0 unspecified atom stereocenters. The van der Waals surface area contributed by atoms with Crippen LogP contribution in [0.2, 0.25) is 0 Å². The molecule has 0 aliphatic rings. The number of aliphatic hydroxyl groups is 1. The van der Waals surface area contributed by atoms with E-state index in [0.29, 0.717) is 0 Å². The molecule has 0 aliphatic carbocycles. The molecule has 0 aromatic rings. The van der Waals surface area contributed by atoms with Crippen molar-refractivity contribution < 1.29 is 9.84 Å². The van der Waals surface area contributed by atoms with Crippen LogP contribution < -0.4 is 0 Å². The second-order valence-corrected chi connectivity index (χ2v) is 2.93. The lowest BCUT2D eigenvalue weighted by Gasteiger charge is -2.10. The van der Waals surface area contributed by atoms with Gasteiger partial charge < -0.3 is 9.84 Å². The quantitative estimate of drug-likeness (QED) is 0.514. The van der Waals surface area contributed by atoms with Crippen LogP contribution in [-0.2, 0) is 4.74 Å². The Morgan fingerprint density at radius 3 is 2.93 bits per heavy atom. The Labute approximate surface area is 85.5 Å². The number of allylic oxidation sites excluding steroid dienone is 1. The second-order valence-electron chi connectivity index (χ2n) is 2.93. The predicted octanol–water partition coefficient (Wildman–Crippen LogP) is 1.38. The molecule has 0 rings (SSSR count). The fourth-order valence-corrected chi connectivity index (χ4v) is 0.926. The summed E-state index contributed by atoms with van der Waals surface area (Å²) in [6.07, 6.45) is 9.63. The van der Waals surface area contributed by atoms with E-state index in [1.807, 2.05) is 6.92 Å². The van der Waals surface area contributed by atoms with Gasteiger partial charge in [-0.25, -0.2) is 0 Å². The average Bonchev–Trinajstić information content (AvgIpc) is 2.20. The molecule has 14 heavy (non-hydrogen) atoms. The molecule has 0 aliphatic heterocycles. The molecule has 0 aromatic heterocycles. The van der Waals surface area contributed by atoms with Gasteiger partial charge in [-0.05, 0) is 19.8 Å². The lowest BCUT2D eigenvalue weighted by atomic mass is 10.1. The fraction of sp³-hybridized carbons (Fsp3) is 0.545. The first kappa shape index (κ1) is 12.9. The SMILES string of the molecule is C#C/C=C\N=C(C)CC[C@@H](CO)OC. The summed E-state index contributed by atoms with van der Waals surface area (Å²) in [6.45, 7) is 1.97. The highest BCUT2D eigenvalue weighted by Gasteiger charge is 2.04. The molecule has 1 N–H and O–H groups in total. The minimum atomic E-state index is -0.100. The van der Waals surface area contributed by atoms with Crippen molar-refractivity contribution in [2.24, 2.45) is 4.99 Å². The highest BCUT2D eigenvalue weighted by atomic mass is 16.5. The predicted molar refractivity (Wildman–Crippen MR) is 58.2 cm³/mol. The lowest BCUT2D eigenvalue weighted by molar-refractivity contribution is 0.0447. The summed E-state index contributed by atoms with van der Waals surface area (Å²) < 4.78 is 5.02. The largest absolute Gasteiger partial charge is 0.394 e. The van der Waals surface area contributed by atoms with Crippen molar-refractivity contribution in [2.75, 3.05) is 13.7 Å². The van der Waals surface area contributed by atoms with Crippen LogP contribution in [-0.4, -0.2) is 30.6 Å². The Morgan fingerprint density at radius 2 is 2.43 bits per heavy atom. The van der Waals surface area contributed by atoms with Crippen molar-refractivity contribution in [1.29, 1.82) is 0 Å². The van der Waals surface area contributed by atoms with Crippen LogP contribution >= 0.6 is 0 Å². The first-order valence-electron chi connectivity index (χ1n) is 4.52. The zero-order valence-electron chi connectivity index (χ0n) is 8.73. The zero-order chi connectivity index (χ0) is 10.8. The van der Waals surface area contributed by atoms with E-state index in [4.69, 9.17) is 16.3 Å². The highest BCUT2D eigenvalue weighted by molar-refractivity contribution is 5.82. The summed E-state index contributed by atoms with van der Waals surface area (Å²) in [5.74, 6) is 2.36. The number of methoxy groups -OCH3 is 1. The van der Waals surface area contributed by atoms with Gasteiger partial charge in [0.05, 0.1) is 12.7 Å². The Morgan fingerprint density at radius 1 is 1.71 bits per heavy atom. The van der Waals surface area contributed by atoms with E-state index >= 15 is 0 Å². The molecule has 0 aromatic carbocycles. The van der Waals surface area contributed by atoms with Gasteiger partial charge in [0, 0.05) is 25.1 Å². The summed E-state index contributed by atoms with van der Waals surface area (Å²) in [7, 11) is 1.59. The molecule has 0 spiro atoms. The molecule has 3 heteroatoms. The van der Waals surface area contributed by atoms with E-state index < -0.39 is 0 Å². The molecule has 0 fully saturated rings. The van der Waals surface area contributed by atoms with Crippen molar-refractivity contribution in [3.05, 3.63) is 12.3 Å². The lowest BCUT2D eigenvalue weighted by Crippen LogP contribution is -2.16. The minimum absolute atomic E-state index is 0.0456. The number of rotatable bonds is 6. The normalized spacial score (nSPS) is 14.3. The van der Waals surface area contributed by atoms with Crippen LogP contribution in [0.1, 0.15) is 19.8 Å². The van der Waals surface area contributed by atoms with E-state index in [1.54, 1.807) is 19.4 Å². The smallest absolute Gasteiger partial charge is 0.0805 e. The molecule has 0 saturated heterocycles. The van der Waals surface area contributed by atoms with Crippen molar-refractivity contribution >= 4 is 5.71 Å². The molecule has 0 amide bonds. The summed E-state index contributed by atoms with van der Waals surface area (Å²) >= 11 is 0. The minimum Gasteiger partial charge on any atom is -0.394 e. The maximum atomic E-state index is 8.85. The monoisotopic (exact) mass is 195 g/mol. The van der Waals surface area contributed by atoms with Crippen molar-refractivity contribution in [1.82, 2.24) is 0 Å². The number of hydrogen-bond donors (Lipinski definition) is 1. The van der Waals surface area contributed by atoms with Crippen LogP contribution in [0.3, 0.4) is 0 Å². The summed E-state index contributed by atoms with van der Waals surface area (Å²) in [5.41, 5.74) is 0.979. The van der Waals surface area contributed by atoms with Gasteiger partial charge in [-0.1, -0.05) is 5.92 Å². The summed E-state index contributed by atoms with van der Waals surface area (Å²) in [6, 6.07) is 0. The maximum Gasteiger partial charge on any atom is 0.0805 e. The summed E-state index contributed by atoms with van der Waals surface area (Å²) in [5, 5.41) is 8.85. The van der Waals surface area contributed by atoms with Gasteiger partial charge in [0.25, 0.3) is 0 Å². The molecular formula is C11H17NO2. The number of aliphatic imine (C=N–C) groups is 1. The second kappa shape index (κ2) is 8.49. The third kappa shape index (κ3) is 6.41. The third-order valence-corrected chi connectivity index (χ3v) is 1.83. The zero-order valence-corrected chi connectivity index (χ0v) is 8.73. The van der Waals surface area contributed by atoms with Crippen LogP contribution in [0.25, 0.3) is 0 Å². The average molecular weight is 195 g/mol. The van der Waals surface area contributed by atoms with Crippen molar-refractivity contribution in [3.8, 4) is 12.3 Å². The molecule has 78 valence electrons.